The molecule has 5 nitrogen and oxygen atoms in total. The van der Waals surface area contributed by atoms with Crippen LogP contribution in [0.4, 0.5) is 13.2 Å². The van der Waals surface area contributed by atoms with E-state index in [4.69, 9.17) is 4.74 Å². The van der Waals surface area contributed by atoms with Crippen molar-refractivity contribution in [3.63, 3.8) is 0 Å². The maximum atomic E-state index is 12.8. The lowest BCUT2D eigenvalue weighted by molar-refractivity contribution is -0.137. The Morgan fingerprint density at radius 1 is 1.13 bits per heavy atom. The number of hydrogen-bond acceptors (Lipinski definition) is 4. The number of hydrogen-bond donors (Lipinski definition) is 1. The van der Waals surface area contributed by atoms with Gasteiger partial charge in [0.05, 0.1) is 23.9 Å². The molecule has 0 amide bonds. The van der Waals surface area contributed by atoms with Gasteiger partial charge in [-0.1, -0.05) is 6.07 Å². The molecule has 158 valence electrons. The second-order valence-electron chi connectivity index (χ2n) is 7.43. The third-order valence-electron chi connectivity index (χ3n) is 5.29. The van der Waals surface area contributed by atoms with Crippen LogP contribution in [-0.4, -0.2) is 33.2 Å². The largest absolute Gasteiger partial charge is 0.493 e. The molecule has 3 aromatic rings. The molecule has 0 radical (unpaired) electrons. The molecule has 1 atom stereocenters. The number of nitrogens with zero attached hydrogens (tertiary/aromatic N) is 3. The van der Waals surface area contributed by atoms with Gasteiger partial charge >= 0.3 is 6.18 Å². The zero-order valence-electron chi connectivity index (χ0n) is 16.4. The Hall–Kier alpha value is -2.87. The summed E-state index contributed by atoms with van der Waals surface area (Å²) in [6.45, 7) is 2.15. The summed E-state index contributed by atoms with van der Waals surface area (Å²) >= 11 is 0. The molecule has 2 aromatic heterocycles. The molecule has 1 fully saturated rings. The fraction of sp³-hybridized carbons (Fsp3) is 0.364. The smallest absolute Gasteiger partial charge is 0.416 e. The molecule has 0 saturated carbocycles. The second kappa shape index (κ2) is 8.87. The van der Waals surface area contributed by atoms with E-state index in [2.05, 4.69) is 20.1 Å². The highest BCUT2D eigenvalue weighted by Gasteiger charge is 2.30. The van der Waals surface area contributed by atoms with Crippen molar-refractivity contribution in [1.29, 1.82) is 0 Å². The predicted molar refractivity (Wildman–Crippen MR) is 106 cm³/mol. The molecular weight excluding hydrogens is 393 g/mol. The number of alkyl halides is 3. The van der Waals surface area contributed by atoms with Crippen LogP contribution in [0.1, 0.15) is 41.4 Å². The molecule has 8 heteroatoms. The first-order valence-electron chi connectivity index (χ1n) is 9.96. The standard InChI is InChI=1S/C22H23F3N4O/c23-22(24,25)17-3-1-4-19(13-17)30-12-8-18-14-20(28-27-18)21-5-2-11-29(21)15-16-6-9-26-10-7-16/h1,3-4,6-7,9-10,13-14,21H,2,5,8,11-12,15H2,(H,27,28)/t21-/m0/s1. The van der Waals surface area contributed by atoms with E-state index < -0.39 is 11.7 Å². The van der Waals surface area contributed by atoms with Crippen LogP contribution in [0.3, 0.4) is 0 Å². The normalized spacial score (nSPS) is 17.4. The van der Waals surface area contributed by atoms with Crippen LogP contribution in [0.2, 0.25) is 0 Å². The summed E-state index contributed by atoms with van der Waals surface area (Å²) in [5.74, 6) is 0.212. The van der Waals surface area contributed by atoms with Crippen LogP contribution in [0.5, 0.6) is 5.75 Å². The third kappa shape index (κ3) is 4.99. The Morgan fingerprint density at radius 2 is 1.97 bits per heavy atom. The predicted octanol–water partition coefficient (Wildman–Crippen LogP) is 4.78. The summed E-state index contributed by atoms with van der Waals surface area (Å²) in [5.41, 5.74) is 2.42. The van der Waals surface area contributed by atoms with Gasteiger partial charge in [-0.3, -0.25) is 15.0 Å². The number of likely N-dealkylation sites (tertiary alicyclic amines) is 1. The molecule has 1 aliphatic heterocycles. The van der Waals surface area contributed by atoms with Gasteiger partial charge < -0.3 is 4.74 Å². The first-order chi connectivity index (χ1) is 14.5. The molecule has 0 spiro atoms. The van der Waals surface area contributed by atoms with Gasteiger partial charge in [0.1, 0.15) is 5.75 Å². The molecule has 1 N–H and O–H groups in total. The van der Waals surface area contributed by atoms with Crippen LogP contribution in [0.25, 0.3) is 0 Å². The summed E-state index contributed by atoms with van der Waals surface area (Å²) in [6, 6.07) is 11.3. The van der Waals surface area contributed by atoms with E-state index in [1.54, 1.807) is 12.4 Å². The Labute approximate surface area is 172 Å². The van der Waals surface area contributed by atoms with Crippen molar-refractivity contribution in [2.45, 2.75) is 38.0 Å². The molecule has 1 aromatic carbocycles. The number of rotatable bonds is 7. The highest BCUT2D eigenvalue weighted by Crippen LogP contribution is 2.33. The van der Waals surface area contributed by atoms with Gasteiger partial charge in [0, 0.05) is 31.1 Å². The number of H-pyrrole nitrogens is 1. The zero-order chi connectivity index (χ0) is 21.0. The Kier molecular flexibility index (Phi) is 6.03. The van der Waals surface area contributed by atoms with E-state index in [0.29, 0.717) is 6.42 Å². The summed E-state index contributed by atoms with van der Waals surface area (Å²) in [5, 5.41) is 7.52. The van der Waals surface area contributed by atoms with E-state index in [9.17, 15) is 13.2 Å². The van der Waals surface area contributed by atoms with Crippen molar-refractivity contribution in [2.75, 3.05) is 13.2 Å². The van der Waals surface area contributed by atoms with Crippen molar-refractivity contribution in [3.8, 4) is 5.75 Å². The number of pyridine rings is 1. The number of aromatic nitrogens is 3. The first-order valence-corrected chi connectivity index (χ1v) is 9.96. The van der Waals surface area contributed by atoms with E-state index >= 15 is 0 Å². The molecule has 0 aliphatic carbocycles. The number of nitrogens with one attached hydrogen (secondary N) is 1. The van der Waals surface area contributed by atoms with Crippen LogP contribution in [0, 0.1) is 0 Å². The third-order valence-corrected chi connectivity index (χ3v) is 5.29. The van der Waals surface area contributed by atoms with E-state index in [-0.39, 0.29) is 18.4 Å². The summed E-state index contributed by atoms with van der Waals surface area (Å²) < 4.78 is 43.9. The summed E-state index contributed by atoms with van der Waals surface area (Å²) in [6.07, 6.45) is 1.95. The highest BCUT2D eigenvalue weighted by atomic mass is 19.4. The average Bonchev–Trinajstić information content (AvgIpc) is 3.38. The lowest BCUT2D eigenvalue weighted by atomic mass is 10.1. The second-order valence-corrected chi connectivity index (χ2v) is 7.43. The number of halogens is 3. The van der Waals surface area contributed by atoms with Gasteiger partial charge in [-0.25, -0.2) is 0 Å². The van der Waals surface area contributed by atoms with Crippen molar-refractivity contribution >= 4 is 0 Å². The minimum absolute atomic E-state index is 0.212. The molecule has 0 bridgehead atoms. The quantitative estimate of drug-likeness (QED) is 0.602. The minimum atomic E-state index is -4.37. The maximum Gasteiger partial charge on any atom is 0.416 e. The number of aromatic amines is 1. The van der Waals surface area contributed by atoms with Gasteiger partial charge in [-0.05, 0) is 61.3 Å². The van der Waals surface area contributed by atoms with Gasteiger partial charge in [-0.2, -0.15) is 18.3 Å². The Balaban J connectivity index is 1.33. The van der Waals surface area contributed by atoms with Crippen LogP contribution in [0.15, 0.2) is 54.9 Å². The molecule has 30 heavy (non-hydrogen) atoms. The van der Waals surface area contributed by atoms with E-state index in [1.807, 2.05) is 18.2 Å². The average molecular weight is 416 g/mol. The van der Waals surface area contributed by atoms with Crippen molar-refractivity contribution in [1.82, 2.24) is 20.1 Å². The zero-order valence-corrected chi connectivity index (χ0v) is 16.4. The van der Waals surface area contributed by atoms with Crippen LogP contribution < -0.4 is 4.74 Å². The van der Waals surface area contributed by atoms with Crippen LogP contribution in [-0.2, 0) is 19.1 Å². The molecule has 0 unspecified atom stereocenters. The molecular formula is C22H23F3N4O. The van der Waals surface area contributed by atoms with Crippen LogP contribution >= 0.6 is 0 Å². The van der Waals surface area contributed by atoms with Crippen molar-refractivity contribution in [3.05, 3.63) is 77.4 Å². The molecule has 1 aliphatic rings. The van der Waals surface area contributed by atoms with Crippen molar-refractivity contribution in [2.24, 2.45) is 0 Å². The fourth-order valence-electron chi connectivity index (χ4n) is 3.79. The highest BCUT2D eigenvalue weighted by molar-refractivity contribution is 5.30. The topological polar surface area (TPSA) is 54.0 Å². The van der Waals surface area contributed by atoms with Gasteiger partial charge in [0.15, 0.2) is 0 Å². The van der Waals surface area contributed by atoms with Crippen molar-refractivity contribution < 1.29 is 17.9 Å². The minimum Gasteiger partial charge on any atom is -0.493 e. The summed E-state index contributed by atoms with van der Waals surface area (Å²) in [7, 11) is 0. The first kappa shape index (κ1) is 20.4. The monoisotopic (exact) mass is 416 g/mol. The van der Waals surface area contributed by atoms with Gasteiger partial charge in [0.25, 0.3) is 0 Å². The Bertz CT molecular complexity index is 958. The lowest BCUT2D eigenvalue weighted by Crippen LogP contribution is -2.23. The number of ether oxygens (including phenoxy) is 1. The lowest BCUT2D eigenvalue weighted by Gasteiger charge is -2.22. The fourth-order valence-corrected chi connectivity index (χ4v) is 3.79. The maximum absolute atomic E-state index is 12.8. The number of benzene rings is 1. The van der Waals surface area contributed by atoms with E-state index in [0.717, 1.165) is 49.5 Å². The van der Waals surface area contributed by atoms with E-state index in [1.165, 1.54) is 17.7 Å². The molecule has 4 rings (SSSR count). The molecule has 3 heterocycles. The Morgan fingerprint density at radius 3 is 2.77 bits per heavy atom. The van der Waals surface area contributed by atoms with Gasteiger partial charge in [0.2, 0.25) is 0 Å². The molecule has 1 saturated heterocycles. The van der Waals surface area contributed by atoms with Gasteiger partial charge in [-0.15, -0.1) is 0 Å². The summed E-state index contributed by atoms with van der Waals surface area (Å²) in [4.78, 5) is 6.48. The SMILES string of the molecule is FC(F)(F)c1cccc(OCCc2cc([C@@H]3CCCN3Cc3ccncc3)n[nH]2)c1.